The standard InChI is InChI=1S/C15H12O3/c1-10-6-2-5-9-13(10)17-15-12-8-4-3-7-11(12)14(16)18-15/h2-9,15H,1H3. The van der Waals surface area contributed by atoms with Gasteiger partial charge >= 0.3 is 5.97 Å². The minimum atomic E-state index is -0.644. The molecule has 0 aromatic heterocycles. The van der Waals surface area contributed by atoms with Crippen LogP contribution in [0.3, 0.4) is 0 Å². The number of rotatable bonds is 2. The Morgan fingerprint density at radius 2 is 1.78 bits per heavy atom. The number of carbonyl (C=O) groups excluding carboxylic acids is 1. The highest BCUT2D eigenvalue weighted by atomic mass is 16.7. The van der Waals surface area contributed by atoms with Gasteiger partial charge in [-0.15, -0.1) is 0 Å². The number of fused-ring (bicyclic) bond motifs is 1. The van der Waals surface area contributed by atoms with Gasteiger partial charge in [0.15, 0.2) is 0 Å². The first kappa shape index (κ1) is 10.8. The lowest BCUT2D eigenvalue weighted by molar-refractivity contribution is -0.0385. The van der Waals surface area contributed by atoms with E-state index >= 15 is 0 Å². The number of cyclic esters (lactones) is 1. The van der Waals surface area contributed by atoms with Gasteiger partial charge in [-0.2, -0.15) is 0 Å². The second kappa shape index (κ2) is 4.18. The molecule has 1 atom stereocenters. The van der Waals surface area contributed by atoms with Gasteiger partial charge in [-0.05, 0) is 24.6 Å². The fourth-order valence-electron chi connectivity index (χ4n) is 2.00. The monoisotopic (exact) mass is 240 g/mol. The van der Waals surface area contributed by atoms with Crippen LogP contribution >= 0.6 is 0 Å². The van der Waals surface area contributed by atoms with Gasteiger partial charge in [0.25, 0.3) is 6.29 Å². The molecule has 0 radical (unpaired) electrons. The predicted octanol–water partition coefficient (Wildman–Crippen LogP) is 3.24. The van der Waals surface area contributed by atoms with Crippen LogP contribution in [0.1, 0.15) is 27.8 Å². The van der Waals surface area contributed by atoms with E-state index in [2.05, 4.69) is 0 Å². The largest absolute Gasteiger partial charge is 0.450 e. The third-order valence-electron chi connectivity index (χ3n) is 2.98. The Morgan fingerprint density at radius 3 is 2.61 bits per heavy atom. The zero-order valence-electron chi connectivity index (χ0n) is 9.92. The van der Waals surface area contributed by atoms with Crippen LogP contribution in [0, 0.1) is 6.92 Å². The van der Waals surface area contributed by atoms with Crippen molar-refractivity contribution in [3.63, 3.8) is 0 Å². The summed E-state index contributed by atoms with van der Waals surface area (Å²) in [6, 6.07) is 14.9. The summed E-state index contributed by atoms with van der Waals surface area (Å²) in [4.78, 5) is 11.6. The van der Waals surface area contributed by atoms with Crippen LogP contribution in [0.4, 0.5) is 0 Å². The third kappa shape index (κ3) is 1.74. The van der Waals surface area contributed by atoms with Crippen molar-refractivity contribution >= 4 is 5.97 Å². The zero-order valence-corrected chi connectivity index (χ0v) is 9.92. The number of ether oxygens (including phenoxy) is 2. The second-order valence-electron chi connectivity index (χ2n) is 4.21. The van der Waals surface area contributed by atoms with Crippen LogP contribution in [0.15, 0.2) is 48.5 Å². The number of benzene rings is 2. The Kier molecular flexibility index (Phi) is 2.52. The SMILES string of the molecule is Cc1ccccc1OC1OC(=O)c2ccccc21. The smallest absolute Gasteiger partial charge is 0.342 e. The van der Waals surface area contributed by atoms with Gasteiger partial charge in [-0.3, -0.25) is 0 Å². The first-order valence-electron chi connectivity index (χ1n) is 5.78. The van der Waals surface area contributed by atoms with E-state index in [0.29, 0.717) is 5.56 Å². The Hall–Kier alpha value is -2.29. The molecule has 18 heavy (non-hydrogen) atoms. The minimum absolute atomic E-state index is 0.329. The van der Waals surface area contributed by atoms with E-state index in [0.717, 1.165) is 16.9 Å². The molecule has 1 heterocycles. The summed E-state index contributed by atoms with van der Waals surface area (Å²) < 4.78 is 11.0. The molecule has 1 aliphatic heterocycles. The van der Waals surface area contributed by atoms with Gasteiger partial charge in [0, 0.05) is 5.56 Å². The Labute approximate surface area is 105 Å². The summed E-state index contributed by atoms with van der Waals surface area (Å²) in [5, 5.41) is 0. The first-order chi connectivity index (χ1) is 8.75. The molecule has 0 amide bonds. The third-order valence-corrected chi connectivity index (χ3v) is 2.98. The fraction of sp³-hybridized carbons (Fsp3) is 0.133. The average molecular weight is 240 g/mol. The number of carbonyl (C=O) groups is 1. The normalized spacial score (nSPS) is 17.2. The lowest BCUT2D eigenvalue weighted by Gasteiger charge is -2.15. The molecule has 2 aromatic carbocycles. The van der Waals surface area contributed by atoms with Gasteiger partial charge in [-0.25, -0.2) is 4.79 Å². The van der Waals surface area contributed by atoms with E-state index in [1.165, 1.54) is 0 Å². The molecule has 90 valence electrons. The van der Waals surface area contributed by atoms with Crippen molar-refractivity contribution in [3.8, 4) is 5.75 Å². The van der Waals surface area contributed by atoms with Gasteiger partial charge in [0.05, 0.1) is 5.56 Å². The van der Waals surface area contributed by atoms with E-state index in [-0.39, 0.29) is 5.97 Å². The van der Waals surface area contributed by atoms with Crippen molar-refractivity contribution in [1.82, 2.24) is 0 Å². The Balaban J connectivity index is 1.92. The summed E-state index contributed by atoms with van der Waals surface area (Å²) in [5.41, 5.74) is 2.37. The molecule has 3 rings (SSSR count). The lowest BCUT2D eigenvalue weighted by Crippen LogP contribution is -2.07. The molecule has 0 spiro atoms. The average Bonchev–Trinajstić information content (AvgIpc) is 2.70. The van der Waals surface area contributed by atoms with Crippen LogP contribution in [0.5, 0.6) is 5.75 Å². The van der Waals surface area contributed by atoms with E-state index in [4.69, 9.17) is 9.47 Å². The van der Waals surface area contributed by atoms with Crippen molar-refractivity contribution < 1.29 is 14.3 Å². The quantitative estimate of drug-likeness (QED) is 0.756. The molecule has 0 fully saturated rings. The number of hydrogen-bond acceptors (Lipinski definition) is 3. The van der Waals surface area contributed by atoms with Crippen LogP contribution in [0.25, 0.3) is 0 Å². The van der Waals surface area contributed by atoms with E-state index in [1.807, 2.05) is 49.4 Å². The Morgan fingerprint density at radius 1 is 1.06 bits per heavy atom. The number of esters is 1. The maximum atomic E-state index is 11.6. The zero-order chi connectivity index (χ0) is 12.5. The molecule has 3 nitrogen and oxygen atoms in total. The highest BCUT2D eigenvalue weighted by molar-refractivity contribution is 5.93. The molecular weight excluding hydrogens is 228 g/mol. The second-order valence-corrected chi connectivity index (χ2v) is 4.21. The first-order valence-corrected chi connectivity index (χ1v) is 5.78. The molecule has 0 bridgehead atoms. The Bertz CT molecular complexity index is 604. The van der Waals surface area contributed by atoms with E-state index in [9.17, 15) is 4.79 Å². The number of aryl methyl sites for hydroxylation is 1. The number of hydrogen-bond donors (Lipinski definition) is 0. The molecule has 1 unspecified atom stereocenters. The maximum Gasteiger partial charge on any atom is 0.342 e. The van der Waals surface area contributed by atoms with Crippen LogP contribution in [-0.2, 0) is 4.74 Å². The summed E-state index contributed by atoms with van der Waals surface area (Å²) in [6.07, 6.45) is -0.644. The van der Waals surface area contributed by atoms with Crippen LogP contribution in [-0.4, -0.2) is 5.97 Å². The molecule has 0 saturated carbocycles. The predicted molar refractivity (Wildman–Crippen MR) is 66.4 cm³/mol. The fourth-order valence-corrected chi connectivity index (χ4v) is 2.00. The molecule has 2 aromatic rings. The highest BCUT2D eigenvalue weighted by Gasteiger charge is 2.32. The highest BCUT2D eigenvalue weighted by Crippen LogP contribution is 2.33. The van der Waals surface area contributed by atoms with Crippen molar-refractivity contribution in [2.75, 3.05) is 0 Å². The van der Waals surface area contributed by atoms with Gasteiger partial charge in [0.2, 0.25) is 0 Å². The molecule has 0 N–H and O–H groups in total. The summed E-state index contributed by atoms with van der Waals surface area (Å²) in [6.45, 7) is 1.96. The van der Waals surface area contributed by atoms with Crippen LogP contribution < -0.4 is 4.74 Å². The van der Waals surface area contributed by atoms with Crippen molar-refractivity contribution in [1.29, 1.82) is 0 Å². The van der Waals surface area contributed by atoms with Gasteiger partial charge in [0.1, 0.15) is 5.75 Å². The van der Waals surface area contributed by atoms with Crippen LogP contribution in [0.2, 0.25) is 0 Å². The summed E-state index contributed by atoms with van der Waals surface area (Å²) >= 11 is 0. The van der Waals surface area contributed by atoms with Crippen molar-refractivity contribution in [3.05, 3.63) is 65.2 Å². The minimum Gasteiger partial charge on any atom is -0.450 e. The molecule has 3 heteroatoms. The van der Waals surface area contributed by atoms with E-state index in [1.54, 1.807) is 6.07 Å². The molecule has 1 aliphatic rings. The van der Waals surface area contributed by atoms with E-state index < -0.39 is 6.29 Å². The maximum absolute atomic E-state index is 11.6. The van der Waals surface area contributed by atoms with Crippen molar-refractivity contribution in [2.45, 2.75) is 13.2 Å². The van der Waals surface area contributed by atoms with Gasteiger partial charge in [-0.1, -0.05) is 36.4 Å². The molecule has 0 saturated heterocycles. The summed E-state index contributed by atoms with van der Waals surface area (Å²) in [7, 11) is 0. The van der Waals surface area contributed by atoms with Gasteiger partial charge < -0.3 is 9.47 Å². The lowest BCUT2D eigenvalue weighted by atomic mass is 10.1. The topological polar surface area (TPSA) is 35.5 Å². The number of para-hydroxylation sites is 1. The molecule has 0 aliphatic carbocycles. The summed E-state index contributed by atoms with van der Waals surface area (Å²) in [5.74, 6) is 0.399. The van der Waals surface area contributed by atoms with Crippen molar-refractivity contribution in [2.24, 2.45) is 0 Å². The molecular formula is C15H12O3.